The molecule has 15 heavy (non-hydrogen) atoms. The maximum absolute atomic E-state index is 10.9. The third-order valence-electron chi connectivity index (χ3n) is 1.25. The Morgan fingerprint density at radius 3 is 2.47 bits per heavy atom. The van der Waals surface area contributed by atoms with Crippen LogP contribution in [0.1, 0.15) is 6.92 Å². The van der Waals surface area contributed by atoms with Gasteiger partial charge in [-0.2, -0.15) is 0 Å². The van der Waals surface area contributed by atoms with Gasteiger partial charge >= 0.3 is 6.09 Å². The summed E-state index contributed by atoms with van der Waals surface area (Å²) in [7, 11) is 1.27. The normalized spacial score (nSPS) is 9.73. The Hall–Kier alpha value is -1.36. The topological polar surface area (TPSA) is 96.5 Å². The van der Waals surface area contributed by atoms with Crippen molar-refractivity contribution in [3.63, 3.8) is 0 Å². The Labute approximate surface area is 89.2 Å². The number of nitrogens with one attached hydrogen (secondary N) is 3. The summed E-state index contributed by atoms with van der Waals surface area (Å²) in [5, 5.41) is 7.04. The molecular weight excluding hydrogens is 221 g/mol. The van der Waals surface area contributed by atoms with Crippen molar-refractivity contribution in [2.75, 3.05) is 19.9 Å². The van der Waals surface area contributed by atoms with E-state index in [2.05, 4.69) is 20.5 Å². The van der Waals surface area contributed by atoms with Crippen LogP contribution in [0.5, 0.6) is 0 Å². The summed E-state index contributed by atoms with van der Waals surface area (Å²) in [4.78, 5) is 32.0. The molecule has 0 saturated heterocycles. The molecule has 0 aliphatic carbocycles. The van der Waals surface area contributed by atoms with Gasteiger partial charge in [-0.3, -0.25) is 9.59 Å². The van der Waals surface area contributed by atoms with Gasteiger partial charge in [0.1, 0.15) is 0 Å². The van der Waals surface area contributed by atoms with Gasteiger partial charge in [0.25, 0.3) is 0 Å². The number of amides is 3. The van der Waals surface area contributed by atoms with Crippen LogP contribution in [0.25, 0.3) is 0 Å². The van der Waals surface area contributed by atoms with Gasteiger partial charge in [0.05, 0.1) is 21.6 Å². The van der Waals surface area contributed by atoms with Gasteiger partial charge in [0.15, 0.2) is 0 Å². The molecule has 0 heterocycles. The van der Waals surface area contributed by atoms with E-state index >= 15 is 0 Å². The molecule has 1 atom stereocenters. The average molecular weight is 235 g/mol. The molecule has 0 radical (unpaired) electrons. The van der Waals surface area contributed by atoms with Crippen LogP contribution in [-0.4, -0.2) is 37.8 Å². The number of carbonyl (C=O) groups is 3. The van der Waals surface area contributed by atoms with Crippen LogP contribution in [0, 0.1) is 0 Å². The van der Waals surface area contributed by atoms with Gasteiger partial charge in [-0.05, 0) is 0 Å². The fourth-order valence-electron chi connectivity index (χ4n) is 0.532. The fraction of sp³-hybridized carbons (Fsp3) is 0.571. The minimum Gasteiger partial charge on any atom is -0.432 e. The minimum absolute atomic E-state index is 0.0125. The molecule has 0 aliphatic rings. The summed E-state index contributed by atoms with van der Waals surface area (Å²) >= 11 is 0. The molecule has 0 fully saturated rings. The van der Waals surface area contributed by atoms with E-state index in [-0.39, 0.29) is 33.5 Å². The highest BCUT2D eigenvalue weighted by Gasteiger charge is 2.03. The van der Waals surface area contributed by atoms with E-state index in [4.69, 9.17) is 0 Å². The summed E-state index contributed by atoms with van der Waals surface area (Å²) in [6, 6.07) is 0. The SMILES string of the molecule is CNC(=O)CPOC(=O)NCNC(C)=O. The van der Waals surface area contributed by atoms with Crippen molar-refractivity contribution in [3.05, 3.63) is 0 Å². The first kappa shape index (κ1) is 13.6. The number of hydrogen-bond donors (Lipinski definition) is 3. The molecule has 0 aromatic carbocycles. The van der Waals surface area contributed by atoms with Crippen LogP contribution < -0.4 is 16.0 Å². The lowest BCUT2D eigenvalue weighted by Gasteiger charge is -2.06. The molecule has 3 N–H and O–H groups in total. The zero-order chi connectivity index (χ0) is 11.7. The lowest BCUT2D eigenvalue weighted by Crippen LogP contribution is -2.35. The van der Waals surface area contributed by atoms with Crippen LogP contribution in [0.3, 0.4) is 0 Å². The average Bonchev–Trinajstić information content (AvgIpc) is 2.17. The molecule has 8 heteroatoms. The van der Waals surface area contributed by atoms with Gasteiger partial charge in [-0.1, -0.05) is 0 Å². The van der Waals surface area contributed by atoms with Gasteiger partial charge < -0.3 is 20.5 Å². The van der Waals surface area contributed by atoms with E-state index in [0.29, 0.717) is 0 Å². The molecule has 0 aromatic rings. The van der Waals surface area contributed by atoms with Crippen molar-refractivity contribution >= 4 is 26.7 Å². The highest BCUT2D eigenvalue weighted by atomic mass is 31.1. The summed E-state index contributed by atoms with van der Waals surface area (Å²) in [6.45, 7) is 1.35. The molecule has 0 spiro atoms. The van der Waals surface area contributed by atoms with Crippen molar-refractivity contribution in [1.29, 1.82) is 0 Å². The molecular formula is C7H14N3O4P. The van der Waals surface area contributed by atoms with E-state index in [1.807, 2.05) is 0 Å². The molecule has 1 unspecified atom stereocenters. The monoisotopic (exact) mass is 235 g/mol. The molecule has 0 saturated carbocycles. The van der Waals surface area contributed by atoms with E-state index in [1.54, 1.807) is 0 Å². The largest absolute Gasteiger partial charge is 0.432 e. The third kappa shape index (κ3) is 8.96. The molecule has 0 aliphatic heterocycles. The summed E-state index contributed by atoms with van der Waals surface area (Å²) in [5.41, 5.74) is 0. The first-order valence-electron chi connectivity index (χ1n) is 4.18. The van der Waals surface area contributed by atoms with Crippen LogP contribution in [-0.2, 0) is 14.1 Å². The lowest BCUT2D eigenvalue weighted by atomic mass is 10.7. The third-order valence-corrected chi connectivity index (χ3v) is 2.04. The number of hydrogen-bond acceptors (Lipinski definition) is 4. The van der Waals surface area contributed by atoms with Crippen LogP contribution in [0.2, 0.25) is 0 Å². The van der Waals surface area contributed by atoms with Crippen LogP contribution in [0.4, 0.5) is 4.79 Å². The van der Waals surface area contributed by atoms with Crippen molar-refractivity contribution in [2.45, 2.75) is 6.92 Å². The molecule has 7 nitrogen and oxygen atoms in total. The fourth-order valence-corrected chi connectivity index (χ4v) is 1.12. The Bertz CT molecular complexity index is 246. The molecule has 0 bridgehead atoms. The van der Waals surface area contributed by atoms with Gasteiger partial charge in [-0.25, -0.2) is 4.79 Å². The summed E-state index contributed by atoms with van der Waals surface area (Å²) in [6.07, 6.45) is -0.518. The highest BCUT2D eigenvalue weighted by Crippen LogP contribution is 2.10. The number of rotatable bonds is 5. The second kappa shape index (κ2) is 7.99. The van der Waals surface area contributed by atoms with Gasteiger partial charge in [-0.15, -0.1) is 0 Å². The minimum atomic E-state index is -0.661. The highest BCUT2D eigenvalue weighted by molar-refractivity contribution is 7.34. The quantitative estimate of drug-likeness (QED) is 0.427. The van der Waals surface area contributed by atoms with Crippen molar-refractivity contribution in [1.82, 2.24) is 16.0 Å². The molecule has 3 amide bonds. The zero-order valence-electron chi connectivity index (χ0n) is 8.55. The maximum atomic E-state index is 10.9. The second-order valence-corrected chi connectivity index (χ2v) is 3.32. The second-order valence-electron chi connectivity index (χ2n) is 2.47. The van der Waals surface area contributed by atoms with Crippen LogP contribution >= 0.6 is 8.81 Å². The van der Waals surface area contributed by atoms with E-state index in [9.17, 15) is 14.4 Å². The summed E-state index contributed by atoms with van der Waals surface area (Å²) < 4.78 is 4.66. The van der Waals surface area contributed by atoms with Gasteiger partial charge in [0, 0.05) is 14.0 Å². The Balaban J connectivity index is 3.41. The van der Waals surface area contributed by atoms with Crippen molar-refractivity contribution in [2.24, 2.45) is 0 Å². The molecule has 0 aromatic heterocycles. The predicted octanol–water partition coefficient (Wildman–Crippen LogP) is -0.854. The first-order chi connectivity index (χ1) is 7.06. The summed E-state index contributed by atoms with van der Waals surface area (Å²) in [5.74, 6) is -0.439. The van der Waals surface area contributed by atoms with Crippen LogP contribution in [0.15, 0.2) is 0 Å². The Kier molecular flexibility index (Phi) is 7.27. The number of carbonyl (C=O) groups excluding carboxylic acids is 3. The first-order valence-corrected chi connectivity index (χ1v) is 5.30. The van der Waals surface area contributed by atoms with E-state index in [0.717, 1.165) is 0 Å². The Morgan fingerprint density at radius 2 is 1.93 bits per heavy atom. The van der Waals surface area contributed by atoms with E-state index < -0.39 is 6.09 Å². The van der Waals surface area contributed by atoms with Gasteiger partial charge in [0.2, 0.25) is 11.8 Å². The lowest BCUT2D eigenvalue weighted by molar-refractivity contribution is -0.119. The molecule has 86 valence electrons. The molecule has 0 rings (SSSR count). The van der Waals surface area contributed by atoms with Crippen molar-refractivity contribution in [3.8, 4) is 0 Å². The smallest absolute Gasteiger partial charge is 0.410 e. The predicted molar refractivity (Wildman–Crippen MR) is 55.5 cm³/mol. The Morgan fingerprint density at radius 1 is 1.27 bits per heavy atom. The van der Waals surface area contributed by atoms with E-state index in [1.165, 1.54) is 14.0 Å². The van der Waals surface area contributed by atoms with Crippen molar-refractivity contribution < 1.29 is 18.9 Å². The maximum Gasteiger partial charge on any atom is 0.410 e. The standard InChI is InChI=1S/C7H14N3O4P/c1-5(11)9-4-10-7(13)14-15-3-6(12)8-2/h15H,3-4H2,1-2H3,(H,8,12)(H,9,11)(H,10,13). The zero-order valence-corrected chi connectivity index (χ0v) is 9.55.